The predicted octanol–water partition coefficient (Wildman–Crippen LogP) is -2.75. The Balaban J connectivity index is 0.00000289. The Hall–Kier alpha value is -1.16. The van der Waals surface area contributed by atoms with Crippen LogP contribution in [-0.2, 0) is 19.2 Å². The van der Waals surface area contributed by atoms with E-state index in [1.54, 1.807) is 0 Å². The van der Waals surface area contributed by atoms with E-state index in [2.05, 4.69) is 0 Å². The van der Waals surface area contributed by atoms with Crippen LogP contribution in [0.2, 0.25) is 0 Å². The molecule has 4 atom stereocenters. The zero-order chi connectivity index (χ0) is 13.3. The summed E-state index contributed by atoms with van der Waals surface area (Å²) in [5.41, 5.74) is 0. The molecular weight excluding hydrogens is 261 g/mol. The van der Waals surface area contributed by atoms with Gasteiger partial charge in [0, 0.05) is 0 Å². The normalized spacial score (nSPS) is 30.2. The molecule has 1 rings (SSSR count). The molecule has 0 aromatic heterocycles. The molecule has 0 saturated carbocycles. The number of hydrogen-bond acceptors (Lipinski definition) is 5. The van der Waals surface area contributed by atoms with Crippen LogP contribution in [0.5, 0.6) is 0 Å². The molecular formula is C8H10NNaO8. The van der Waals surface area contributed by atoms with Crippen molar-refractivity contribution in [3.63, 3.8) is 0 Å². The summed E-state index contributed by atoms with van der Waals surface area (Å²) >= 11 is 0. The molecule has 18 heavy (non-hydrogen) atoms. The fourth-order valence-corrected chi connectivity index (χ4v) is 1.86. The number of hydrogen-bond donors (Lipinski definition) is 5. The molecule has 4 unspecified atom stereocenters. The zero-order valence-electron chi connectivity index (χ0n) is 8.23. The molecule has 0 radical (unpaired) electrons. The van der Waals surface area contributed by atoms with E-state index in [0.29, 0.717) is 0 Å². The number of carboxylic acids is 4. The Morgan fingerprint density at radius 3 is 1.11 bits per heavy atom. The van der Waals surface area contributed by atoms with E-state index in [9.17, 15) is 19.2 Å². The number of carboxylic acid groups (broad SMARTS) is 4. The van der Waals surface area contributed by atoms with E-state index in [4.69, 9.17) is 20.4 Å². The van der Waals surface area contributed by atoms with Crippen molar-refractivity contribution in [1.82, 2.24) is 5.32 Å². The van der Waals surface area contributed by atoms with Gasteiger partial charge in [0.25, 0.3) is 0 Å². The second-order valence-corrected chi connectivity index (χ2v) is 3.53. The quantitative estimate of drug-likeness (QED) is 0.341. The predicted molar refractivity (Wildman–Crippen MR) is 55.4 cm³/mol. The topological polar surface area (TPSA) is 161 Å². The van der Waals surface area contributed by atoms with E-state index in [1.807, 2.05) is 5.32 Å². The van der Waals surface area contributed by atoms with E-state index in [1.165, 1.54) is 0 Å². The van der Waals surface area contributed by atoms with Gasteiger partial charge in [-0.15, -0.1) is 0 Å². The third kappa shape index (κ3) is 2.99. The van der Waals surface area contributed by atoms with Gasteiger partial charge in [-0.3, -0.25) is 24.5 Å². The summed E-state index contributed by atoms with van der Waals surface area (Å²) in [6.45, 7) is 0. The second kappa shape index (κ2) is 6.14. The van der Waals surface area contributed by atoms with Crippen LogP contribution < -0.4 is 5.32 Å². The third-order valence-electron chi connectivity index (χ3n) is 2.57. The molecule has 0 aromatic rings. The van der Waals surface area contributed by atoms with Crippen LogP contribution in [0.15, 0.2) is 0 Å². The molecule has 5 N–H and O–H groups in total. The van der Waals surface area contributed by atoms with Crippen LogP contribution in [0.1, 0.15) is 0 Å². The van der Waals surface area contributed by atoms with E-state index in [-0.39, 0.29) is 29.6 Å². The van der Waals surface area contributed by atoms with E-state index < -0.39 is 47.8 Å². The molecule has 96 valence electrons. The molecule has 1 aliphatic rings. The minimum absolute atomic E-state index is 0. The average molecular weight is 271 g/mol. The molecule has 0 aliphatic carbocycles. The van der Waals surface area contributed by atoms with Crippen molar-refractivity contribution in [2.75, 3.05) is 0 Å². The molecule has 0 aromatic carbocycles. The first kappa shape index (κ1) is 16.8. The van der Waals surface area contributed by atoms with Crippen LogP contribution in [0.4, 0.5) is 0 Å². The van der Waals surface area contributed by atoms with Crippen LogP contribution in [-0.4, -0.2) is 85.9 Å². The SMILES string of the molecule is O=C(O)C1NC(C(=O)O)C(C(=O)O)C1C(=O)O.[NaH]. The molecule has 0 bridgehead atoms. The zero-order valence-corrected chi connectivity index (χ0v) is 8.23. The number of rotatable bonds is 4. The van der Waals surface area contributed by atoms with Gasteiger partial charge in [0.2, 0.25) is 0 Å². The van der Waals surface area contributed by atoms with Crippen LogP contribution in [0.3, 0.4) is 0 Å². The van der Waals surface area contributed by atoms with Gasteiger partial charge < -0.3 is 20.4 Å². The van der Waals surface area contributed by atoms with Gasteiger partial charge in [-0.05, 0) is 0 Å². The Labute approximate surface area is 122 Å². The maximum atomic E-state index is 10.8. The maximum absolute atomic E-state index is 10.8. The van der Waals surface area contributed by atoms with Crippen LogP contribution in [0, 0.1) is 11.8 Å². The molecule has 0 amide bonds. The van der Waals surface area contributed by atoms with Crippen molar-refractivity contribution in [1.29, 1.82) is 0 Å². The Kier molecular flexibility index (Phi) is 5.74. The molecule has 1 saturated heterocycles. The van der Waals surface area contributed by atoms with Crippen LogP contribution >= 0.6 is 0 Å². The number of aliphatic carboxylic acids is 4. The Morgan fingerprint density at radius 1 is 0.667 bits per heavy atom. The first-order valence-corrected chi connectivity index (χ1v) is 4.44. The second-order valence-electron chi connectivity index (χ2n) is 3.53. The van der Waals surface area contributed by atoms with Crippen molar-refractivity contribution in [3.05, 3.63) is 0 Å². The summed E-state index contributed by atoms with van der Waals surface area (Å²) in [6.07, 6.45) is 0. The molecule has 9 nitrogen and oxygen atoms in total. The molecule has 0 spiro atoms. The van der Waals surface area contributed by atoms with Crippen molar-refractivity contribution in [3.8, 4) is 0 Å². The summed E-state index contributed by atoms with van der Waals surface area (Å²) in [6, 6.07) is -3.48. The first-order chi connectivity index (χ1) is 7.77. The standard InChI is InChI=1S/C8H9NO8.Na.H/c10-5(11)1-2(6(12)13)4(8(16)17)9-3(1)7(14)15;;/h1-4,9H,(H,10,11)(H,12,13)(H,14,15)(H,16,17);;. The van der Waals surface area contributed by atoms with Gasteiger partial charge >= 0.3 is 53.4 Å². The summed E-state index contributed by atoms with van der Waals surface area (Å²) in [7, 11) is 0. The van der Waals surface area contributed by atoms with Gasteiger partial charge in [-0.1, -0.05) is 0 Å². The molecule has 1 aliphatic heterocycles. The summed E-state index contributed by atoms with van der Waals surface area (Å²) in [4.78, 5) is 43.2. The van der Waals surface area contributed by atoms with Crippen molar-refractivity contribution in [2.45, 2.75) is 12.1 Å². The summed E-state index contributed by atoms with van der Waals surface area (Å²) < 4.78 is 0. The van der Waals surface area contributed by atoms with Crippen LogP contribution in [0.25, 0.3) is 0 Å². The summed E-state index contributed by atoms with van der Waals surface area (Å²) in [5, 5.41) is 37.0. The summed E-state index contributed by atoms with van der Waals surface area (Å²) in [5.74, 6) is -10.2. The molecule has 1 fully saturated rings. The Bertz CT molecular complexity index is 361. The van der Waals surface area contributed by atoms with E-state index in [0.717, 1.165) is 0 Å². The van der Waals surface area contributed by atoms with Crippen molar-refractivity contribution < 1.29 is 39.6 Å². The molecule has 1 heterocycles. The van der Waals surface area contributed by atoms with Gasteiger partial charge in [0.05, 0.1) is 11.8 Å². The van der Waals surface area contributed by atoms with Crippen molar-refractivity contribution >= 4 is 53.4 Å². The number of carbonyl (C=O) groups is 4. The Morgan fingerprint density at radius 2 is 0.944 bits per heavy atom. The average Bonchev–Trinajstić information content (AvgIpc) is 2.56. The van der Waals surface area contributed by atoms with Gasteiger partial charge in [-0.25, -0.2) is 0 Å². The first-order valence-electron chi connectivity index (χ1n) is 4.44. The van der Waals surface area contributed by atoms with Gasteiger partial charge in [0.15, 0.2) is 0 Å². The monoisotopic (exact) mass is 271 g/mol. The number of nitrogens with one attached hydrogen (secondary N) is 1. The third-order valence-corrected chi connectivity index (χ3v) is 2.57. The van der Waals surface area contributed by atoms with Gasteiger partial charge in [0.1, 0.15) is 12.1 Å². The minimum atomic E-state index is -1.83. The fourth-order valence-electron chi connectivity index (χ4n) is 1.86. The fraction of sp³-hybridized carbons (Fsp3) is 0.500. The van der Waals surface area contributed by atoms with Gasteiger partial charge in [-0.2, -0.15) is 0 Å². The van der Waals surface area contributed by atoms with Crippen molar-refractivity contribution in [2.24, 2.45) is 11.8 Å². The van der Waals surface area contributed by atoms with E-state index >= 15 is 0 Å². The molecule has 10 heteroatoms.